The highest BCUT2D eigenvalue weighted by molar-refractivity contribution is 5.01. The Bertz CT molecular complexity index is 1080. The maximum absolute atomic E-state index is 4.65. The predicted molar refractivity (Wildman–Crippen MR) is 215 cm³/mol. The molecule has 0 aromatic heterocycles. The van der Waals surface area contributed by atoms with E-state index in [0.717, 1.165) is 83.0 Å². The van der Waals surface area contributed by atoms with Crippen LogP contribution in [0.15, 0.2) is 0 Å². The molecule has 1 saturated heterocycles. The van der Waals surface area contributed by atoms with E-state index >= 15 is 0 Å². The van der Waals surface area contributed by atoms with Gasteiger partial charge in [-0.2, -0.15) is 0 Å². The van der Waals surface area contributed by atoms with Crippen molar-refractivity contribution in [2.45, 2.75) is 219 Å². The molecule has 0 spiro atoms. The number of fused-ring (bicyclic) bond motifs is 1. The Balaban J connectivity index is 0.982. The van der Waals surface area contributed by atoms with Crippen LogP contribution in [-0.4, -0.2) is 30.6 Å². The van der Waals surface area contributed by atoms with Gasteiger partial charge >= 0.3 is 0 Å². The second kappa shape index (κ2) is 17.3. The van der Waals surface area contributed by atoms with E-state index in [1.54, 1.807) is 25.7 Å². The van der Waals surface area contributed by atoms with Crippen LogP contribution in [0.5, 0.6) is 0 Å². The standard InChI is InChI=1S/C47H84N4/c1-30-11-7-15-35(25-30)36-23-24-42(41-20-10-14-34-22-21-32(3)27-43(34)41)44(29-36)48-39-18-9-17-38(28-39)46-49-45(37-16-8-12-31(2)26-37)50-47(51-46)40-19-6-5-13-33(40)4/h30-51H,5-29H2,1-4H3. The van der Waals surface area contributed by atoms with Crippen LogP contribution >= 0.6 is 0 Å². The Labute approximate surface area is 316 Å². The molecule has 7 saturated carbocycles. The topological polar surface area (TPSA) is 48.1 Å². The first-order valence-corrected chi connectivity index (χ1v) is 23.9. The molecule has 8 fully saturated rings. The lowest BCUT2D eigenvalue weighted by atomic mass is 9.56. The van der Waals surface area contributed by atoms with Gasteiger partial charge in [-0.15, -0.1) is 0 Å². The Hall–Kier alpha value is -0.160. The third kappa shape index (κ3) is 8.96. The first kappa shape index (κ1) is 37.7. The highest BCUT2D eigenvalue weighted by Gasteiger charge is 2.47. The minimum atomic E-state index is 0.471. The summed E-state index contributed by atoms with van der Waals surface area (Å²) in [6.07, 6.45) is 38.3. The molecule has 4 nitrogen and oxygen atoms in total. The zero-order valence-corrected chi connectivity index (χ0v) is 34.1. The van der Waals surface area contributed by atoms with Crippen LogP contribution in [0, 0.1) is 76.9 Å². The lowest BCUT2D eigenvalue weighted by molar-refractivity contribution is -0.00122. The van der Waals surface area contributed by atoms with Gasteiger partial charge in [0.15, 0.2) is 0 Å². The van der Waals surface area contributed by atoms with Crippen molar-refractivity contribution in [3.05, 3.63) is 0 Å². The average molecular weight is 705 g/mol. The fraction of sp³-hybridized carbons (Fsp3) is 1.00. The van der Waals surface area contributed by atoms with E-state index in [0.29, 0.717) is 24.5 Å². The van der Waals surface area contributed by atoms with Gasteiger partial charge in [0.05, 0.1) is 18.5 Å². The van der Waals surface area contributed by atoms with Gasteiger partial charge in [-0.1, -0.05) is 105 Å². The molecule has 0 aromatic carbocycles. The highest BCUT2D eigenvalue weighted by atomic mass is 15.4. The summed E-state index contributed by atoms with van der Waals surface area (Å²) in [7, 11) is 0. The van der Waals surface area contributed by atoms with Gasteiger partial charge < -0.3 is 5.32 Å². The quantitative estimate of drug-likeness (QED) is 0.213. The van der Waals surface area contributed by atoms with E-state index in [1.807, 2.05) is 0 Å². The molecule has 18 unspecified atom stereocenters. The van der Waals surface area contributed by atoms with Crippen LogP contribution in [0.2, 0.25) is 0 Å². The zero-order chi connectivity index (χ0) is 34.9. The van der Waals surface area contributed by atoms with Crippen molar-refractivity contribution in [2.75, 3.05) is 0 Å². The lowest BCUT2D eigenvalue weighted by Crippen LogP contribution is -2.73. The van der Waals surface area contributed by atoms with Crippen LogP contribution in [0.4, 0.5) is 0 Å². The smallest absolute Gasteiger partial charge is 0.0627 e. The van der Waals surface area contributed by atoms with Gasteiger partial charge in [-0.3, -0.25) is 16.0 Å². The summed E-state index contributed by atoms with van der Waals surface area (Å²) in [6.45, 7) is 10.2. The van der Waals surface area contributed by atoms with Gasteiger partial charge in [-0.25, -0.2) is 0 Å². The molecule has 4 heteroatoms. The van der Waals surface area contributed by atoms with Gasteiger partial charge in [0.1, 0.15) is 0 Å². The molecular formula is C47H84N4. The van der Waals surface area contributed by atoms with Crippen molar-refractivity contribution in [1.82, 2.24) is 21.3 Å². The molecule has 51 heavy (non-hydrogen) atoms. The Morgan fingerprint density at radius 3 is 1.69 bits per heavy atom. The molecule has 0 radical (unpaired) electrons. The largest absolute Gasteiger partial charge is 0.311 e. The summed E-state index contributed by atoms with van der Waals surface area (Å²) in [5, 5.41) is 17.6. The van der Waals surface area contributed by atoms with Gasteiger partial charge in [0.2, 0.25) is 0 Å². The van der Waals surface area contributed by atoms with E-state index in [9.17, 15) is 0 Å². The Morgan fingerprint density at radius 1 is 0.353 bits per heavy atom. The molecule has 8 rings (SSSR count). The first-order chi connectivity index (χ1) is 24.9. The number of hydrogen-bond donors (Lipinski definition) is 4. The minimum Gasteiger partial charge on any atom is -0.311 e. The zero-order valence-electron chi connectivity index (χ0n) is 34.1. The van der Waals surface area contributed by atoms with E-state index in [2.05, 4.69) is 49.0 Å². The molecule has 8 aliphatic rings. The summed E-state index contributed by atoms with van der Waals surface area (Å²) < 4.78 is 0. The Morgan fingerprint density at radius 2 is 0.922 bits per heavy atom. The SMILES string of the molecule is CC1CCCC(C2CCC(C3CCCC4CCC(C)CC43)C(NC3CCCC(C4NC(C5CCCC(C)C5)NC(C5CCCCC5C)N4)C3)C2)C1. The van der Waals surface area contributed by atoms with Crippen molar-refractivity contribution in [3.8, 4) is 0 Å². The summed E-state index contributed by atoms with van der Waals surface area (Å²) >= 11 is 0. The van der Waals surface area contributed by atoms with E-state index in [-0.39, 0.29) is 0 Å². The van der Waals surface area contributed by atoms with Crippen molar-refractivity contribution in [2.24, 2.45) is 76.9 Å². The van der Waals surface area contributed by atoms with E-state index < -0.39 is 0 Å². The molecule has 0 aromatic rings. The first-order valence-electron chi connectivity index (χ1n) is 23.9. The number of rotatable bonds is 7. The monoisotopic (exact) mass is 705 g/mol. The van der Waals surface area contributed by atoms with Crippen LogP contribution < -0.4 is 21.3 Å². The maximum Gasteiger partial charge on any atom is 0.0627 e. The van der Waals surface area contributed by atoms with Crippen LogP contribution in [0.1, 0.15) is 188 Å². The van der Waals surface area contributed by atoms with Gasteiger partial charge in [-0.05, 0) is 160 Å². The van der Waals surface area contributed by atoms with E-state index in [4.69, 9.17) is 0 Å². The third-order valence-electron chi connectivity index (χ3n) is 17.9. The molecule has 1 aliphatic heterocycles. The van der Waals surface area contributed by atoms with Crippen molar-refractivity contribution in [1.29, 1.82) is 0 Å². The number of hydrogen-bond acceptors (Lipinski definition) is 4. The minimum absolute atomic E-state index is 0.471. The summed E-state index contributed by atoms with van der Waals surface area (Å²) in [5.74, 6) is 12.0. The average Bonchev–Trinajstić information content (AvgIpc) is 3.15. The predicted octanol–water partition coefficient (Wildman–Crippen LogP) is 11.0. The summed E-state index contributed by atoms with van der Waals surface area (Å²) in [4.78, 5) is 0. The molecule has 292 valence electrons. The van der Waals surface area contributed by atoms with Crippen LogP contribution in [0.3, 0.4) is 0 Å². The molecule has 0 bridgehead atoms. The molecule has 4 N–H and O–H groups in total. The van der Waals surface area contributed by atoms with Gasteiger partial charge in [0.25, 0.3) is 0 Å². The van der Waals surface area contributed by atoms with Crippen LogP contribution in [-0.2, 0) is 0 Å². The second-order valence-electron chi connectivity index (χ2n) is 21.5. The highest BCUT2D eigenvalue weighted by Crippen LogP contribution is 2.53. The molecular weight excluding hydrogens is 621 g/mol. The summed E-state index contributed by atoms with van der Waals surface area (Å²) in [6, 6.07) is 1.48. The second-order valence-corrected chi connectivity index (χ2v) is 21.5. The van der Waals surface area contributed by atoms with Crippen molar-refractivity contribution in [3.63, 3.8) is 0 Å². The third-order valence-corrected chi connectivity index (χ3v) is 17.9. The van der Waals surface area contributed by atoms with E-state index in [1.165, 1.54) is 135 Å². The maximum atomic E-state index is 4.65. The van der Waals surface area contributed by atoms with Crippen molar-refractivity contribution >= 4 is 0 Å². The van der Waals surface area contributed by atoms with Crippen LogP contribution in [0.25, 0.3) is 0 Å². The molecule has 18 atom stereocenters. The Kier molecular flexibility index (Phi) is 12.8. The molecule has 7 aliphatic carbocycles. The van der Waals surface area contributed by atoms with Crippen molar-refractivity contribution < 1.29 is 0 Å². The fourth-order valence-electron chi connectivity index (χ4n) is 15.1. The lowest BCUT2D eigenvalue weighted by Gasteiger charge is -2.52. The van der Waals surface area contributed by atoms with Gasteiger partial charge in [0, 0.05) is 12.1 Å². The molecule has 1 heterocycles. The number of nitrogens with one attached hydrogen (secondary N) is 4. The fourth-order valence-corrected chi connectivity index (χ4v) is 15.1. The summed E-state index contributed by atoms with van der Waals surface area (Å²) in [5.41, 5.74) is 0. The normalized spacial score (nSPS) is 51.8. The molecule has 0 amide bonds.